The number of sulfonamides is 1. The fourth-order valence-electron chi connectivity index (χ4n) is 4.53. The number of nitrogens with zero attached hydrogens (tertiary/aromatic N) is 1. The number of carbonyl (C=O) groups excluding carboxylic acids is 2. The molecule has 0 bridgehead atoms. The summed E-state index contributed by atoms with van der Waals surface area (Å²) in [5.74, 6) is -0.439. The van der Waals surface area contributed by atoms with Crippen molar-refractivity contribution in [3.05, 3.63) is 87.9 Å². The number of aryl methyl sites for hydroxylation is 1. The maximum atomic E-state index is 13.3. The van der Waals surface area contributed by atoms with Crippen molar-refractivity contribution < 1.29 is 18.0 Å². The van der Waals surface area contributed by atoms with E-state index in [0.29, 0.717) is 29.8 Å². The van der Waals surface area contributed by atoms with Crippen molar-refractivity contribution in [1.29, 1.82) is 0 Å². The number of halogens is 1. The van der Waals surface area contributed by atoms with Gasteiger partial charge in [0.2, 0.25) is 10.0 Å². The number of hydrogen-bond acceptors (Lipinski definition) is 4. The van der Waals surface area contributed by atoms with Crippen molar-refractivity contribution in [2.75, 3.05) is 13.1 Å². The second-order valence-electron chi connectivity index (χ2n) is 10.0. The molecule has 9 heteroatoms. The standard InChI is InChI=1S/C29H30ClN3O4S/c1-19-4-7-21(8-5-19)22-15-23(17-24(16-22)29(35)33-12-2-3-13-33)28(34)31-18-20-6-11-26(30)27(14-20)38(36,37)32-25-9-10-25/h4-8,11,14-17,25,32H,2-3,9-10,12-13,18H2,1H3,(H,31,34). The summed E-state index contributed by atoms with van der Waals surface area (Å²) >= 11 is 6.19. The van der Waals surface area contributed by atoms with Gasteiger partial charge in [-0.3, -0.25) is 9.59 Å². The van der Waals surface area contributed by atoms with Gasteiger partial charge in [0.15, 0.2) is 0 Å². The van der Waals surface area contributed by atoms with Gasteiger partial charge in [-0.1, -0.05) is 47.5 Å². The van der Waals surface area contributed by atoms with Crippen LogP contribution in [0.4, 0.5) is 0 Å². The van der Waals surface area contributed by atoms with Crippen LogP contribution in [0.2, 0.25) is 5.02 Å². The molecule has 38 heavy (non-hydrogen) atoms. The molecule has 1 heterocycles. The minimum absolute atomic E-state index is 0.00215. The van der Waals surface area contributed by atoms with E-state index in [0.717, 1.165) is 42.4 Å². The molecule has 2 N–H and O–H groups in total. The minimum atomic E-state index is -3.74. The smallest absolute Gasteiger partial charge is 0.253 e. The van der Waals surface area contributed by atoms with E-state index in [1.165, 1.54) is 12.1 Å². The number of hydrogen-bond donors (Lipinski definition) is 2. The summed E-state index contributed by atoms with van der Waals surface area (Å²) in [6, 6.07) is 17.8. The van der Waals surface area contributed by atoms with Crippen molar-refractivity contribution in [2.24, 2.45) is 0 Å². The van der Waals surface area contributed by atoms with Gasteiger partial charge < -0.3 is 10.2 Å². The van der Waals surface area contributed by atoms with Crippen molar-refractivity contribution >= 4 is 33.4 Å². The van der Waals surface area contributed by atoms with E-state index in [9.17, 15) is 18.0 Å². The van der Waals surface area contributed by atoms with Crippen molar-refractivity contribution in [3.8, 4) is 11.1 Å². The van der Waals surface area contributed by atoms with Gasteiger partial charge >= 0.3 is 0 Å². The topological polar surface area (TPSA) is 95.6 Å². The monoisotopic (exact) mass is 551 g/mol. The summed E-state index contributed by atoms with van der Waals surface area (Å²) < 4.78 is 28.0. The average Bonchev–Trinajstić information content (AvgIpc) is 3.53. The molecule has 1 saturated carbocycles. The number of benzene rings is 3. The van der Waals surface area contributed by atoms with E-state index in [-0.39, 0.29) is 34.3 Å². The van der Waals surface area contributed by atoms with Crippen LogP contribution in [-0.4, -0.2) is 44.3 Å². The third-order valence-corrected chi connectivity index (χ3v) is 8.86. The normalized spacial score (nSPS) is 15.5. The molecule has 198 valence electrons. The Labute approximate surface area is 228 Å². The summed E-state index contributed by atoms with van der Waals surface area (Å²) in [4.78, 5) is 28.3. The summed E-state index contributed by atoms with van der Waals surface area (Å²) in [5.41, 5.74) is 4.25. The third kappa shape index (κ3) is 6.09. The van der Waals surface area contributed by atoms with Crippen molar-refractivity contribution in [3.63, 3.8) is 0 Å². The molecule has 0 radical (unpaired) electrons. The first-order valence-corrected chi connectivity index (χ1v) is 14.7. The van der Waals surface area contributed by atoms with Crippen LogP contribution in [-0.2, 0) is 16.6 Å². The van der Waals surface area contributed by atoms with E-state index in [1.54, 1.807) is 18.2 Å². The molecule has 3 aromatic rings. The van der Waals surface area contributed by atoms with Gasteiger partial charge in [-0.05, 0) is 79.6 Å². The average molecular weight is 552 g/mol. The second-order valence-corrected chi connectivity index (χ2v) is 12.1. The van der Waals surface area contributed by atoms with Crippen LogP contribution in [0.25, 0.3) is 11.1 Å². The first kappa shape index (κ1) is 26.4. The fourth-order valence-corrected chi connectivity index (χ4v) is 6.38. The zero-order valence-electron chi connectivity index (χ0n) is 21.2. The molecule has 2 amide bonds. The molecule has 0 aromatic heterocycles. The van der Waals surface area contributed by atoms with E-state index in [2.05, 4.69) is 10.0 Å². The van der Waals surface area contributed by atoms with Crippen LogP contribution >= 0.6 is 11.6 Å². The predicted molar refractivity (Wildman–Crippen MR) is 148 cm³/mol. The highest BCUT2D eigenvalue weighted by atomic mass is 35.5. The lowest BCUT2D eigenvalue weighted by molar-refractivity contribution is 0.0793. The van der Waals surface area contributed by atoms with E-state index in [1.807, 2.05) is 42.2 Å². The quantitative estimate of drug-likeness (QED) is 0.415. The third-order valence-electron chi connectivity index (χ3n) is 6.86. The Kier molecular flexibility index (Phi) is 7.56. The summed E-state index contributed by atoms with van der Waals surface area (Å²) in [6.45, 7) is 3.54. The lowest BCUT2D eigenvalue weighted by atomic mass is 9.98. The van der Waals surface area contributed by atoms with Gasteiger partial charge in [-0.2, -0.15) is 0 Å². The molecule has 1 aliphatic carbocycles. The van der Waals surface area contributed by atoms with Crippen LogP contribution < -0.4 is 10.0 Å². The first-order chi connectivity index (χ1) is 18.2. The number of carbonyl (C=O) groups is 2. The second kappa shape index (κ2) is 10.9. The van der Waals surface area contributed by atoms with Crippen LogP contribution in [0.5, 0.6) is 0 Å². The van der Waals surface area contributed by atoms with E-state index < -0.39 is 10.0 Å². The predicted octanol–water partition coefficient (Wildman–Crippen LogP) is 4.92. The maximum absolute atomic E-state index is 13.3. The van der Waals surface area contributed by atoms with Gasteiger partial charge in [-0.25, -0.2) is 13.1 Å². The molecule has 0 unspecified atom stereocenters. The molecular formula is C29H30ClN3O4S. The number of likely N-dealkylation sites (tertiary alicyclic amines) is 1. The molecule has 5 rings (SSSR count). The highest BCUT2D eigenvalue weighted by Crippen LogP contribution is 2.28. The van der Waals surface area contributed by atoms with Crippen LogP contribution in [0.15, 0.2) is 65.6 Å². The van der Waals surface area contributed by atoms with Gasteiger partial charge in [-0.15, -0.1) is 0 Å². The van der Waals surface area contributed by atoms with E-state index >= 15 is 0 Å². The Morgan fingerprint density at radius 3 is 2.29 bits per heavy atom. The maximum Gasteiger partial charge on any atom is 0.253 e. The zero-order valence-corrected chi connectivity index (χ0v) is 22.7. The lowest BCUT2D eigenvalue weighted by Gasteiger charge is -2.17. The van der Waals surface area contributed by atoms with Crippen LogP contribution in [0, 0.1) is 6.92 Å². The summed E-state index contributed by atoms with van der Waals surface area (Å²) in [7, 11) is -3.74. The van der Waals surface area contributed by atoms with Gasteiger partial charge in [0, 0.05) is 36.8 Å². The molecule has 0 spiro atoms. The van der Waals surface area contributed by atoms with Gasteiger partial charge in [0.1, 0.15) is 4.90 Å². The van der Waals surface area contributed by atoms with Gasteiger partial charge in [0.25, 0.3) is 11.8 Å². The van der Waals surface area contributed by atoms with Crippen molar-refractivity contribution in [2.45, 2.75) is 50.1 Å². The minimum Gasteiger partial charge on any atom is -0.348 e. The molecule has 0 atom stereocenters. The molecule has 1 aliphatic heterocycles. The Morgan fingerprint density at radius 1 is 0.921 bits per heavy atom. The van der Waals surface area contributed by atoms with Crippen LogP contribution in [0.1, 0.15) is 57.5 Å². The highest BCUT2D eigenvalue weighted by Gasteiger charge is 2.29. The number of amides is 2. The molecule has 1 saturated heterocycles. The van der Waals surface area contributed by atoms with Gasteiger partial charge in [0.05, 0.1) is 5.02 Å². The Balaban J connectivity index is 1.39. The fraction of sp³-hybridized carbons (Fsp3) is 0.310. The largest absolute Gasteiger partial charge is 0.348 e. The molecule has 2 fully saturated rings. The molecule has 2 aliphatic rings. The summed E-state index contributed by atoms with van der Waals surface area (Å²) in [5, 5.41) is 3.00. The van der Waals surface area contributed by atoms with Crippen molar-refractivity contribution in [1.82, 2.24) is 14.9 Å². The SMILES string of the molecule is Cc1ccc(-c2cc(C(=O)NCc3ccc(Cl)c(S(=O)(=O)NC4CC4)c3)cc(C(=O)N3CCCC3)c2)cc1. The Hall–Kier alpha value is -3.20. The van der Waals surface area contributed by atoms with E-state index in [4.69, 9.17) is 11.6 Å². The molecule has 3 aromatic carbocycles. The van der Waals surface area contributed by atoms with Crippen LogP contribution in [0.3, 0.4) is 0 Å². The highest BCUT2D eigenvalue weighted by molar-refractivity contribution is 7.89. The molecule has 7 nitrogen and oxygen atoms in total. The number of nitrogens with one attached hydrogen (secondary N) is 2. The first-order valence-electron chi connectivity index (χ1n) is 12.8. The Bertz CT molecular complexity index is 1480. The zero-order chi connectivity index (χ0) is 26.9. The Morgan fingerprint density at radius 2 is 1.61 bits per heavy atom. The molecular weight excluding hydrogens is 522 g/mol. The lowest BCUT2D eigenvalue weighted by Crippen LogP contribution is -2.28. The number of rotatable bonds is 8. The summed E-state index contributed by atoms with van der Waals surface area (Å²) in [6.07, 6.45) is 3.59.